The van der Waals surface area contributed by atoms with Gasteiger partial charge in [0.05, 0.1) is 12.2 Å². The summed E-state index contributed by atoms with van der Waals surface area (Å²) in [7, 11) is 0. The second kappa shape index (κ2) is 7.96. The summed E-state index contributed by atoms with van der Waals surface area (Å²) < 4.78 is 0. The van der Waals surface area contributed by atoms with E-state index in [1.54, 1.807) is 24.2 Å². The Bertz CT molecular complexity index is 606. The highest BCUT2D eigenvalue weighted by Gasteiger charge is 2.27. The zero-order valence-corrected chi connectivity index (χ0v) is 13.6. The molecule has 0 spiro atoms. The van der Waals surface area contributed by atoms with Crippen molar-refractivity contribution in [3.63, 3.8) is 0 Å². The number of nitrogens with one attached hydrogen (secondary N) is 2. The van der Waals surface area contributed by atoms with Crippen LogP contribution in [-0.4, -0.2) is 50.2 Å². The largest absolute Gasteiger partial charge is 0.337 e. The number of pyridine rings is 1. The lowest BCUT2D eigenvalue weighted by Crippen LogP contribution is -2.45. The molecule has 2 aromatic heterocycles. The molecule has 2 N–H and O–H groups in total. The fourth-order valence-electron chi connectivity index (χ4n) is 2.77. The number of nitrogens with zero attached hydrogens (tertiary/aromatic N) is 4. The van der Waals surface area contributed by atoms with E-state index in [-0.39, 0.29) is 12.1 Å². The Morgan fingerprint density at radius 2 is 2.39 bits per heavy atom. The topological polar surface area (TPSA) is 86.8 Å². The quantitative estimate of drug-likeness (QED) is 0.648. The van der Waals surface area contributed by atoms with Gasteiger partial charge in [0.2, 0.25) is 0 Å². The van der Waals surface area contributed by atoms with Crippen LogP contribution in [0.2, 0.25) is 0 Å². The minimum Gasteiger partial charge on any atom is -0.337 e. The molecule has 0 aromatic carbocycles. The van der Waals surface area contributed by atoms with E-state index in [0.717, 1.165) is 42.1 Å². The van der Waals surface area contributed by atoms with Crippen molar-refractivity contribution in [1.82, 2.24) is 30.6 Å². The van der Waals surface area contributed by atoms with Gasteiger partial charge in [0, 0.05) is 31.2 Å². The molecule has 2 aromatic rings. The molecule has 1 fully saturated rings. The highest BCUT2D eigenvalue weighted by atomic mass is 32.2. The van der Waals surface area contributed by atoms with Gasteiger partial charge in [-0.25, -0.2) is 4.79 Å². The van der Waals surface area contributed by atoms with Crippen molar-refractivity contribution >= 4 is 17.8 Å². The Hall–Kier alpha value is -2.09. The van der Waals surface area contributed by atoms with E-state index in [1.165, 1.54) is 0 Å². The number of likely N-dealkylation sites (tertiary alicyclic amines) is 1. The molecule has 1 atom stereocenters. The molecule has 0 radical (unpaired) electrons. The van der Waals surface area contributed by atoms with Crippen LogP contribution in [0.4, 0.5) is 4.79 Å². The lowest BCUT2D eigenvalue weighted by atomic mass is 9.97. The highest BCUT2D eigenvalue weighted by Crippen LogP contribution is 2.30. The van der Waals surface area contributed by atoms with Gasteiger partial charge >= 0.3 is 6.03 Å². The van der Waals surface area contributed by atoms with Gasteiger partial charge in [0.25, 0.3) is 0 Å². The molecule has 0 saturated carbocycles. The summed E-state index contributed by atoms with van der Waals surface area (Å²) in [6.45, 7) is 1.40. The second-order valence-corrected chi connectivity index (χ2v) is 6.50. The van der Waals surface area contributed by atoms with E-state index in [0.29, 0.717) is 6.54 Å². The molecule has 1 aliphatic rings. The lowest BCUT2D eigenvalue weighted by Gasteiger charge is -2.35. The molecule has 3 heterocycles. The maximum atomic E-state index is 12.5. The number of carbonyl (C=O) groups is 1. The van der Waals surface area contributed by atoms with Crippen LogP contribution in [0.1, 0.15) is 30.9 Å². The maximum absolute atomic E-state index is 12.5. The highest BCUT2D eigenvalue weighted by molar-refractivity contribution is 7.99. The summed E-state index contributed by atoms with van der Waals surface area (Å²) in [5.41, 5.74) is 1.11. The van der Waals surface area contributed by atoms with E-state index in [1.807, 2.05) is 23.2 Å². The van der Waals surface area contributed by atoms with Gasteiger partial charge in [-0.1, -0.05) is 6.07 Å². The number of hydrogen-bond donors (Lipinski definition) is 2. The van der Waals surface area contributed by atoms with Crippen LogP contribution >= 0.6 is 11.8 Å². The van der Waals surface area contributed by atoms with Gasteiger partial charge in [0.1, 0.15) is 5.03 Å². The monoisotopic (exact) mass is 332 g/mol. The number of thioether (sulfide) groups is 1. The number of aromatic nitrogens is 4. The summed E-state index contributed by atoms with van der Waals surface area (Å²) in [6.07, 6.45) is 8.49. The van der Waals surface area contributed by atoms with E-state index in [2.05, 4.69) is 25.7 Å². The number of piperidine rings is 1. The molecule has 23 heavy (non-hydrogen) atoms. The third-order valence-electron chi connectivity index (χ3n) is 3.85. The van der Waals surface area contributed by atoms with E-state index < -0.39 is 0 Å². The second-order valence-electron chi connectivity index (χ2n) is 5.38. The summed E-state index contributed by atoms with van der Waals surface area (Å²) in [5.74, 6) is 0.768. The lowest BCUT2D eigenvalue weighted by molar-refractivity contribution is 0.152. The van der Waals surface area contributed by atoms with Crippen molar-refractivity contribution < 1.29 is 4.79 Å². The van der Waals surface area contributed by atoms with Crippen molar-refractivity contribution in [2.45, 2.75) is 30.3 Å². The molecule has 7 nitrogen and oxygen atoms in total. The van der Waals surface area contributed by atoms with Gasteiger partial charge in [0.15, 0.2) is 0 Å². The molecule has 3 rings (SSSR count). The van der Waals surface area contributed by atoms with E-state index >= 15 is 0 Å². The minimum atomic E-state index is -0.000643. The Labute approximate surface area is 139 Å². The van der Waals surface area contributed by atoms with Crippen LogP contribution in [0.25, 0.3) is 0 Å². The number of hydrogen-bond acceptors (Lipinski definition) is 5. The van der Waals surface area contributed by atoms with Crippen LogP contribution in [0.3, 0.4) is 0 Å². The number of amides is 2. The SMILES string of the molecule is O=C(NCCSc1cn[nH]n1)N1CCCCC1c1cccnc1. The van der Waals surface area contributed by atoms with Crippen LogP contribution < -0.4 is 5.32 Å². The van der Waals surface area contributed by atoms with Crippen LogP contribution in [0, 0.1) is 0 Å². The average Bonchev–Trinajstić information content (AvgIpc) is 3.13. The first-order chi connectivity index (χ1) is 11.3. The van der Waals surface area contributed by atoms with Crippen LogP contribution in [0.5, 0.6) is 0 Å². The van der Waals surface area contributed by atoms with E-state index in [4.69, 9.17) is 0 Å². The molecule has 122 valence electrons. The standard InChI is InChI=1S/C15H20N6OS/c22-15(17-7-9-23-14-11-18-20-19-14)21-8-2-1-5-13(21)12-4-3-6-16-10-12/h3-4,6,10-11,13H,1-2,5,7-9H2,(H,17,22)(H,18,19,20). The molecular weight excluding hydrogens is 312 g/mol. The molecule has 0 bridgehead atoms. The Kier molecular flexibility index (Phi) is 5.46. The summed E-state index contributed by atoms with van der Waals surface area (Å²) in [4.78, 5) is 18.6. The van der Waals surface area contributed by atoms with Crippen molar-refractivity contribution in [3.05, 3.63) is 36.3 Å². The zero-order chi connectivity index (χ0) is 15.9. The Morgan fingerprint density at radius 1 is 1.43 bits per heavy atom. The number of rotatable bonds is 5. The van der Waals surface area contributed by atoms with Crippen molar-refractivity contribution in [2.24, 2.45) is 0 Å². The minimum absolute atomic E-state index is 0.000643. The molecule has 2 amide bonds. The fourth-order valence-corrected chi connectivity index (χ4v) is 3.42. The number of aromatic amines is 1. The number of H-pyrrole nitrogens is 1. The van der Waals surface area contributed by atoms with Gasteiger partial charge in [-0.05, 0) is 30.9 Å². The summed E-state index contributed by atoms with van der Waals surface area (Å²) >= 11 is 1.56. The number of urea groups is 1. The summed E-state index contributed by atoms with van der Waals surface area (Å²) in [6, 6.07) is 4.10. The third kappa shape index (κ3) is 4.22. The Morgan fingerprint density at radius 3 is 3.17 bits per heavy atom. The van der Waals surface area contributed by atoms with Crippen LogP contribution in [0.15, 0.2) is 35.7 Å². The maximum Gasteiger partial charge on any atom is 0.317 e. The molecule has 8 heteroatoms. The van der Waals surface area contributed by atoms with Gasteiger partial charge in [-0.2, -0.15) is 10.3 Å². The van der Waals surface area contributed by atoms with E-state index in [9.17, 15) is 4.79 Å². The van der Waals surface area contributed by atoms with Gasteiger partial charge in [-0.15, -0.1) is 16.9 Å². The zero-order valence-electron chi connectivity index (χ0n) is 12.8. The third-order valence-corrected chi connectivity index (χ3v) is 4.75. The first-order valence-electron chi connectivity index (χ1n) is 7.77. The van der Waals surface area contributed by atoms with Crippen molar-refractivity contribution in [2.75, 3.05) is 18.8 Å². The first kappa shape index (κ1) is 15.8. The average molecular weight is 332 g/mol. The molecule has 1 aliphatic heterocycles. The molecule has 1 unspecified atom stereocenters. The molecule has 0 aliphatic carbocycles. The Balaban J connectivity index is 1.52. The first-order valence-corrected chi connectivity index (χ1v) is 8.76. The van der Waals surface area contributed by atoms with Gasteiger partial charge in [-0.3, -0.25) is 4.98 Å². The van der Waals surface area contributed by atoms with Crippen molar-refractivity contribution in [1.29, 1.82) is 0 Å². The predicted molar refractivity (Wildman–Crippen MR) is 88.0 cm³/mol. The predicted octanol–water partition coefficient (Wildman–Crippen LogP) is 2.23. The fraction of sp³-hybridized carbons (Fsp3) is 0.467. The van der Waals surface area contributed by atoms with Gasteiger partial charge < -0.3 is 10.2 Å². The molecular formula is C15H20N6OS. The molecule has 1 saturated heterocycles. The summed E-state index contributed by atoms with van der Waals surface area (Å²) in [5, 5.41) is 14.1. The smallest absolute Gasteiger partial charge is 0.317 e. The van der Waals surface area contributed by atoms with Crippen LogP contribution in [-0.2, 0) is 0 Å². The van der Waals surface area contributed by atoms with Crippen molar-refractivity contribution in [3.8, 4) is 0 Å². The number of carbonyl (C=O) groups excluding carboxylic acids is 1. The normalized spacial score (nSPS) is 17.9.